The van der Waals surface area contributed by atoms with Crippen LogP contribution in [0.4, 0.5) is 0 Å². The van der Waals surface area contributed by atoms with E-state index in [1.165, 1.54) is 27.1 Å². The van der Waals surface area contributed by atoms with Crippen molar-refractivity contribution < 1.29 is 0 Å². The van der Waals surface area contributed by atoms with E-state index in [4.69, 9.17) is 15.0 Å². The van der Waals surface area contributed by atoms with Gasteiger partial charge in [-0.15, -0.1) is 0 Å². The molecule has 0 bridgehead atoms. The molecule has 54 heavy (non-hydrogen) atoms. The zero-order chi connectivity index (χ0) is 35.6. The second-order valence-corrected chi connectivity index (χ2v) is 13.6. The van der Waals surface area contributed by atoms with Crippen LogP contribution in [-0.4, -0.2) is 24.1 Å². The number of hydrogen-bond donors (Lipinski definition) is 0. The van der Waals surface area contributed by atoms with Gasteiger partial charge in [0.15, 0.2) is 17.5 Å². The SMILES string of the molecule is c1ccc(-c2nc(-c3ccccc3-n3c4ccccc4c4ccc5c(c6ccccc6n5-c5ccccc5)c43)nc(-c3cccc4ccccc34)n2)cc1. The van der Waals surface area contributed by atoms with Gasteiger partial charge in [0.1, 0.15) is 0 Å². The molecule has 5 heteroatoms. The summed E-state index contributed by atoms with van der Waals surface area (Å²) in [6.45, 7) is 0. The van der Waals surface area contributed by atoms with Gasteiger partial charge in [-0.1, -0.05) is 146 Å². The van der Waals surface area contributed by atoms with E-state index in [0.717, 1.165) is 55.4 Å². The number of aromatic nitrogens is 5. The third-order valence-corrected chi connectivity index (χ3v) is 10.6. The molecule has 252 valence electrons. The van der Waals surface area contributed by atoms with Gasteiger partial charge < -0.3 is 9.13 Å². The zero-order valence-corrected chi connectivity index (χ0v) is 29.1. The van der Waals surface area contributed by atoms with Crippen LogP contribution >= 0.6 is 0 Å². The average molecular weight is 690 g/mol. The molecule has 0 aliphatic carbocycles. The lowest BCUT2D eigenvalue weighted by atomic mass is 10.0. The first-order valence-corrected chi connectivity index (χ1v) is 18.2. The molecule has 0 unspecified atom stereocenters. The van der Waals surface area contributed by atoms with E-state index in [0.29, 0.717) is 17.5 Å². The molecule has 0 aliphatic heterocycles. The minimum absolute atomic E-state index is 0.618. The summed E-state index contributed by atoms with van der Waals surface area (Å²) in [5, 5.41) is 7.04. The molecule has 5 nitrogen and oxygen atoms in total. The molecule has 3 aromatic heterocycles. The first-order valence-electron chi connectivity index (χ1n) is 18.2. The van der Waals surface area contributed by atoms with Crippen LogP contribution in [-0.2, 0) is 0 Å². The number of para-hydroxylation sites is 4. The van der Waals surface area contributed by atoms with Crippen molar-refractivity contribution in [2.24, 2.45) is 0 Å². The highest BCUT2D eigenvalue weighted by Gasteiger charge is 2.23. The van der Waals surface area contributed by atoms with Crippen LogP contribution in [0.3, 0.4) is 0 Å². The second-order valence-electron chi connectivity index (χ2n) is 13.6. The molecule has 11 rings (SSSR count). The Bertz CT molecular complexity index is 3210. The van der Waals surface area contributed by atoms with Crippen molar-refractivity contribution in [3.8, 4) is 45.5 Å². The zero-order valence-electron chi connectivity index (χ0n) is 29.1. The van der Waals surface area contributed by atoms with Gasteiger partial charge in [-0.3, -0.25) is 0 Å². The molecule has 0 atom stereocenters. The Kier molecular flexibility index (Phi) is 6.79. The first-order chi connectivity index (χ1) is 26.8. The molecule has 0 aliphatic rings. The van der Waals surface area contributed by atoms with Gasteiger partial charge in [-0.2, -0.15) is 0 Å². The number of nitrogens with zero attached hydrogens (tertiary/aromatic N) is 5. The van der Waals surface area contributed by atoms with Crippen molar-refractivity contribution in [3.63, 3.8) is 0 Å². The van der Waals surface area contributed by atoms with E-state index < -0.39 is 0 Å². The molecule has 0 spiro atoms. The third-order valence-electron chi connectivity index (χ3n) is 10.6. The Balaban J connectivity index is 1.24. The third kappa shape index (κ3) is 4.62. The van der Waals surface area contributed by atoms with E-state index in [9.17, 15) is 0 Å². The van der Waals surface area contributed by atoms with Crippen molar-refractivity contribution in [2.45, 2.75) is 0 Å². The Hall–Kier alpha value is -7.37. The quantitative estimate of drug-likeness (QED) is 0.181. The van der Waals surface area contributed by atoms with Crippen LogP contribution in [0.1, 0.15) is 0 Å². The van der Waals surface area contributed by atoms with Crippen LogP contribution < -0.4 is 0 Å². The fourth-order valence-electron chi connectivity index (χ4n) is 8.23. The van der Waals surface area contributed by atoms with Crippen LogP contribution in [0.15, 0.2) is 188 Å². The van der Waals surface area contributed by atoms with E-state index in [-0.39, 0.29) is 0 Å². The highest BCUT2D eigenvalue weighted by molar-refractivity contribution is 6.26. The molecule has 0 saturated carbocycles. The van der Waals surface area contributed by atoms with Crippen molar-refractivity contribution in [3.05, 3.63) is 188 Å². The number of rotatable bonds is 5. The summed E-state index contributed by atoms with van der Waals surface area (Å²) in [6.07, 6.45) is 0. The maximum absolute atomic E-state index is 5.30. The summed E-state index contributed by atoms with van der Waals surface area (Å²) in [6, 6.07) is 66.1. The largest absolute Gasteiger partial charge is 0.309 e. The van der Waals surface area contributed by atoms with Gasteiger partial charge in [0.25, 0.3) is 0 Å². The van der Waals surface area contributed by atoms with Gasteiger partial charge >= 0.3 is 0 Å². The van der Waals surface area contributed by atoms with Crippen LogP contribution in [0.5, 0.6) is 0 Å². The Morgan fingerprint density at radius 1 is 0.333 bits per heavy atom. The normalized spacial score (nSPS) is 11.7. The van der Waals surface area contributed by atoms with E-state index in [2.05, 4.69) is 179 Å². The predicted octanol–water partition coefficient (Wildman–Crippen LogP) is 12.2. The Labute approximate surface area is 311 Å². The maximum Gasteiger partial charge on any atom is 0.166 e. The Morgan fingerprint density at radius 2 is 0.907 bits per heavy atom. The van der Waals surface area contributed by atoms with Crippen molar-refractivity contribution in [1.82, 2.24) is 24.1 Å². The van der Waals surface area contributed by atoms with Crippen molar-refractivity contribution >= 4 is 54.4 Å². The van der Waals surface area contributed by atoms with Gasteiger partial charge in [0, 0.05) is 43.9 Å². The summed E-state index contributed by atoms with van der Waals surface area (Å²) in [5.74, 6) is 1.89. The lowest BCUT2D eigenvalue weighted by Gasteiger charge is -2.15. The van der Waals surface area contributed by atoms with E-state index in [1.54, 1.807) is 0 Å². The summed E-state index contributed by atoms with van der Waals surface area (Å²) in [7, 11) is 0. The smallest absolute Gasteiger partial charge is 0.166 e. The number of benzene rings is 8. The predicted molar refractivity (Wildman–Crippen MR) is 222 cm³/mol. The molecular formula is C49H31N5. The summed E-state index contributed by atoms with van der Waals surface area (Å²) < 4.78 is 4.81. The molecule has 0 amide bonds. The highest BCUT2D eigenvalue weighted by Crippen LogP contribution is 2.43. The van der Waals surface area contributed by atoms with Crippen LogP contribution in [0.25, 0.3) is 99.9 Å². The molecule has 8 aromatic carbocycles. The fraction of sp³-hybridized carbons (Fsp3) is 0. The summed E-state index contributed by atoms with van der Waals surface area (Å²) in [4.78, 5) is 15.6. The minimum Gasteiger partial charge on any atom is -0.309 e. The van der Waals surface area contributed by atoms with Gasteiger partial charge in [0.2, 0.25) is 0 Å². The fourth-order valence-corrected chi connectivity index (χ4v) is 8.23. The number of hydrogen-bond acceptors (Lipinski definition) is 3. The molecule has 11 aromatic rings. The van der Waals surface area contributed by atoms with Crippen LogP contribution in [0, 0.1) is 0 Å². The standard InChI is InChI=1S/C49H31N5/c1-3-17-33(18-4-1)47-50-48(38-26-15-19-32-16-7-8-22-35(32)38)52-49(51-47)40-25-11-14-29-43(40)54-41-27-12-9-23-36(41)37-30-31-44-45(46(37)54)39-24-10-13-28-42(39)53(44)34-20-5-2-6-21-34/h1-31H. The molecule has 3 heterocycles. The Morgan fingerprint density at radius 3 is 1.72 bits per heavy atom. The maximum atomic E-state index is 5.30. The van der Waals surface area contributed by atoms with E-state index in [1.807, 2.05) is 18.2 Å². The lowest BCUT2D eigenvalue weighted by molar-refractivity contribution is 1.07. The van der Waals surface area contributed by atoms with Crippen molar-refractivity contribution in [2.75, 3.05) is 0 Å². The molecule has 0 radical (unpaired) electrons. The highest BCUT2D eigenvalue weighted by atomic mass is 15.1. The summed E-state index contributed by atoms with van der Waals surface area (Å²) >= 11 is 0. The van der Waals surface area contributed by atoms with Gasteiger partial charge in [-0.25, -0.2) is 15.0 Å². The lowest BCUT2D eigenvalue weighted by Crippen LogP contribution is -2.04. The minimum atomic E-state index is 0.618. The molecule has 0 saturated heterocycles. The molecular weight excluding hydrogens is 659 g/mol. The van der Waals surface area contributed by atoms with Gasteiger partial charge in [-0.05, 0) is 53.2 Å². The summed E-state index contributed by atoms with van der Waals surface area (Å²) in [5.41, 5.74) is 9.56. The first kappa shape index (κ1) is 30.3. The molecule has 0 fully saturated rings. The molecule has 0 N–H and O–H groups in total. The monoisotopic (exact) mass is 689 g/mol. The van der Waals surface area contributed by atoms with Gasteiger partial charge in [0.05, 0.1) is 27.8 Å². The average Bonchev–Trinajstić information content (AvgIpc) is 3.77. The van der Waals surface area contributed by atoms with Crippen LogP contribution in [0.2, 0.25) is 0 Å². The van der Waals surface area contributed by atoms with E-state index >= 15 is 0 Å². The van der Waals surface area contributed by atoms with Crippen molar-refractivity contribution in [1.29, 1.82) is 0 Å². The topological polar surface area (TPSA) is 48.5 Å². The number of fused-ring (bicyclic) bond motifs is 8. The second kappa shape index (κ2) is 12.1.